The first kappa shape index (κ1) is 21.0. The third-order valence-corrected chi connectivity index (χ3v) is 4.11. The van der Waals surface area contributed by atoms with Gasteiger partial charge in [-0.3, -0.25) is 15.0 Å². The molecule has 1 aromatic heterocycles. The largest absolute Gasteiger partial charge is 0.328 e. The van der Waals surface area contributed by atoms with Crippen molar-refractivity contribution < 1.29 is 14.8 Å². The first-order chi connectivity index (χ1) is 13.3. The Morgan fingerprint density at radius 2 is 1.86 bits per heavy atom. The van der Waals surface area contributed by atoms with E-state index < -0.39 is 23.5 Å². The second-order valence-corrected chi connectivity index (χ2v) is 6.88. The van der Waals surface area contributed by atoms with Crippen LogP contribution in [0, 0.1) is 23.8 Å². The number of urea groups is 1. The normalized spacial score (nSPS) is 14.7. The number of nitrogens with zero attached hydrogens (tertiary/aromatic N) is 3. The molecule has 148 valence electrons. The van der Waals surface area contributed by atoms with Gasteiger partial charge in [0.1, 0.15) is 6.04 Å². The summed E-state index contributed by atoms with van der Waals surface area (Å²) in [7, 11) is 0. The molecule has 1 aliphatic heterocycles. The molecule has 2 rings (SSSR count). The average Bonchev–Trinajstić information content (AvgIpc) is 2.69. The molecular weight excluding hydrogens is 360 g/mol. The lowest BCUT2D eigenvalue weighted by Crippen LogP contribution is -2.64. The molecule has 3 amide bonds. The summed E-state index contributed by atoms with van der Waals surface area (Å²) in [4.78, 5) is 31.6. The van der Waals surface area contributed by atoms with E-state index >= 15 is 0 Å². The first-order valence-corrected chi connectivity index (χ1v) is 8.76. The molecule has 28 heavy (non-hydrogen) atoms. The van der Waals surface area contributed by atoms with E-state index in [-0.39, 0.29) is 0 Å². The summed E-state index contributed by atoms with van der Waals surface area (Å²) >= 11 is 0. The monoisotopic (exact) mass is 384 g/mol. The molecule has 0 unspecified atom stereocenters. The number of nitrogens with one attached hydrogen (secondary N) is 2. The highest BCUT2D eigenvalue weighted by Gasteiger charge is 2.34. The Bertz CT molecular complexity index is 805. The molecule has 0 spiro atoms. The Morgan fingerprint density at radius 3 is 2.43 bits per heavy atom. The van der Waals surface area contributed by atoms with Crippen LogP contribution in [0.4, 0.5) is 4.79 Å². The van der Waals surface area contributed by atoms with E-state index in [0.717, 1.165) is 5.56 Å². The summed E-state index contributed by atoms with van der Waals surface area (Å²) < 4.78 is 0. The maximum absolute atomic E-state index is 12.4. The molecule has 1 saturated heterocycles. The second-order valence-electron chi connectivity index (χ2n) is 6.88. The number of hydrogen-bond acceptors (Lipinski definition) is 6. The second kappa shape index (κ2) is 9.60. The molecule has 1 fully saturated rings. The van der Waals surface area contributed by atoms with Gasteiger partial charge in [0.15, 0.2) is 0 Å². The SMILES string of the molecule is CC(C)(N)[C@H](NC(=O)N1CCN(C#CC#Cc2ccncc2)CC1)C(=O)NO. The quantitative estimate of drug-likeness (QED) is 0.311. The van der Waals surface area contributed by atoms with Crippen LogP contribution in [0.5, 0.6) is 0 Å². The van der Waals surface area contributed by atoms with Crippen LogP contribution in [0.15, 0.2) is 24.5 Å². The van der Waals surface area contributed by atoms with Crippen molar-refractivity contribution in [2.45, 2.75) is 25.4 Å². The lowest BCUT2D eigenvalue weighted by molar-refractivity contribution is -0.132. The van der Waals surface area contributed by atoms with Crippen molar-refractivity contribution in [1.29, 1.82) is 0 Å². The first-order valence-electron chi connectivity index (χ1n) is 8.76. The van der Waals surface area contributed by atoms with Gasteiger partial charge in [-0.25, -0.2) is 10.3 Å². The summed E-state index contributed by atoms with van der Waals surface area (Å²) in [6, 6.07) is 5.09. The Kier molecular flexibility index (Phi) is 7.21. The molecule has 1 aromatic rings. The Morgan fingerprint density at radius 1 is 1.21 bits per heavy atom. The van der Waals surface area contributed by atoms with Gasteiger partial charge in [-0.2, -0.15) is 0 Å². The van der Waals surface area contributed by atoms with Gasteiger partial charge >= 0.3 is 6.03 Å². The molecule has 0 saturated carbocycles. The zero-order valence-electron chi connectivity index (χ0n) is 15.9. The van der Waals surface area contributed by atoms with Crippen LogP contribution in [0.2, 0.25) is 0 Å². The number of carbonyl (C=O) groups excluding carboxylic acids is 2. The molecule has 0 aromatic carbocycles. The van der Waals surface area contributed by atoms with E-state index in [9.17, 15) is 9.59 Å². The fourth-order valence-electron chi connectivity index (χ4n) is 2.54. The number of hydrogen-bond donors (Lipinski definition) is 4. The molecule has 2 heterocycles. The topological polar surface area (TPSA) is 124 Å². The van der Waals surface area contributed by atoms with Crippen molar-refractivity contribution in [2.75, 3.05) is 26.2 Å². The van der Waals surface area contributed by atoms with Crippen LogP contribution < -0.4 is 16.5 Å². The summed E-state index contributed by atoms with van der Waals surface area (Å²) in [5.41, 5.74) is 7.25. The molecule has 1 atom stereocenters. The predicted octanol–water partition coefficient (Wildman–Crippen LogP) is -0.667. The maximum atomic E-state index is 12.4. The molecule has 5 N–H and O–H groups in total. The zero-order valence-corrected chi connectivity index (χ0v) is 15.9. The van der Waals surface area contributed by atoms with Crippen LogP contribution in [0.25, 0.3) is 0 Å². The number of rotatable bonds is 3. The third kappa shape index (κ3) is 6.16. The van der Waals surface area contributed by atoms with E-state index in [1.165, 1.54) is 5.48 Å². The maximum Gasteiger partial charge on any atom is 0.318 e. The van der Waals surface area contributed by atoms with Crippen LogP contribution in [0.3, 0.4) is 0 Å². The van der Waals surface area contributed by atoms with Crippen molar-refractivity contribution in [3.63, 3.8) is 0 Å². The fraction of sp³-hybridized carbons (Fsp3) is 0.421. The Balaban J connectivity index is 1.86. The van der Waals surface area contributed by atoms with Gasteiger partial charge < -0.3 is 20.9 Å². The van der Waals surface area contributed by atoms with Crippen molar-refractivity contribution in [2.24, 2.45) is 5.73 Å². The standard InChI is InChI=1S/C19H24N6O3/c1-19(2,20)16(17(26)23-28)22-18(27)25-13-11-24(12-14-25)10-4-3-5-15-6-8-21-9-7-15/h6-9,16,28H,11-14,20H2,1-2H3,(H,22,27)(H,23,26)/t16-/m1/s1. The molecule has 0 bridgehead atoms. The minimum absolute atomic E-state index is 0.419. The average molecular weight is 384 g/mol. The Hall–Kier alpha value is -3.27. The predicted molar refractivity (Wildman–Crippen MR) is 103 cm³/mol. The molecule has 1 aliphatic rings. The lowest BCUT2D eigenvalue weighted by atomic mass is 9.95. The molecule has 9 nitrogen and oxygen atoms in total. The van der Waals surface area contributed by atoms with Gasteiger partial charge in [0, 0.05) is 61.6 Å². The smallest absolute Gasteiger partial charge is 0.318 e. The highest BCUT2D eigenvalue weighted by molar-refractivity contribution is 5.87. The van der Waals surface area contributed by atoms with Gasteiger partial charge in [-0.1, -0.05) is 5.92 Å². The van der Waals surface area contributed by atoms with Crippen LogP contribution in [0.1, 0.15) is 19.4 Å². The van der Waals surface area contributed by atoms with Crippen molar-refractivity contribution >= 4 is 11.9 Å². The van der Waals surface area contributed by atoms with Crippen molar-refractivity contribution in [3.05, 3.63) is 30.1 Å². The number of carbonyl (C=O) groups is 2. The molecule has 0 radical (unpaired) electrons. The molecule has 0 aliphatic carbocycles. The summed E-state index contributed by atoms with van der Waals surface area (Å²) in [5.74, 6) is 7.75. The fourth-order valence-corrected chi connectivity index (χ4v) is 2.54. The van der Waals surface area contributed by atoms with Crippen LogP contribution in [-0.2, 0) is 4.79 Å². The number of piperazine rings is 1. The minimum Gasteiger partial charge on any atom is -0.328 e. The van der Waals surface area contributed by atoms with Gasteiger partial charge in [-0.15, -0.1) is 0 Å². The van der Waals surface area contributed by atoms with Gasteiger partial charge in [0.05, 0.1) is 0 Å². The third-order valence-electron chi connectivity index (χ3n) is 4.11. The number of hydroxylamine groups is 1. The molecule has 9 heteroatoms. The minimum atomic E-state index is -1.06. The highest BCUT2D eigenvalue weighted by atomic mass is 16.5. The zero-order chi connectivity index (χ0) is 20.6. The highest BCUT2D eigenvalue weighted by Crippen LogP contribution is 2.08. The summed E-state index contributed by atoms with van der Waals surface area (Å²) in [5, 5.41) is 11.4. The van der Waals surface area contributed by atoms with Gasteiger partial charge in [-0.05, 0) is 31.9 Å². The number of pyridine rings is 1. The summed E-state index contributed by atoms with van der Waals surface area (Å²) in [6.07, 6.45) is 3.34. The van der Waals surface area contributed by atoms with E-state index in [1.807, 2.05) is 4.90 Å². The van der Waals surface area contributed by atoms with Gasteiger partial charge in [0.25, 0.3) is 5.91 Å². The van der Waals surface area contributed by atoms with E-state index in [4.69, 9.17) is 10.9 Å². The Labute approximate surface area is 164 Å². The van der Waals surface area contributed by atoms with Crippen molar-refractivity contribution in [3.8, 4) is 23.8 Å². The lowest BCUT2D eigenvalue weighted by Gasteiger charge is -2.35. The number of aromatic nitrogens is 1. The van der Waals surface area contributed by atoms with E-state index in [0.29, 0.717) is 26.2 Å². The van der Waals surface area contributed by atoms with Crippen LogP contribution in [-0.4, -0.2) is 69.7 Å². The van der Waals surface area contributed by atoms with E-state index in [1.54, 1.807) is 43.3 Å². The number of nitrogens with two attached hydrogens (primary N) is 1. The van der Waals surface area contributed by atoms with Gasteiger partial charge in [0.2, 0.25) is 0 Å². The van der Waals surface area contributed by atoms with Crippen LogP contribution >= 0.6 is 0 Å². The molecular formula is C19H24N6O3. The summed E-state index contributed by atoms with van der Waals surface area (Å²) in [6.45, 7) is 5.18. The van der Waals surface area contributed by atoms with E-state index in [2.05, 4.69) is 34.1 Å². The van der Waals surface area contributed by atoms with Crippen molar-refractivity contribution in [1.82, 2.24) is 25.6 Å². The number of amides is 3.